The number of hydrazone groups is 1. The Labute approximate surface area is 157 Å². The zero-order valence-electron chi connectivity index (χ0n) is 14.0. The Morgan fingerprint density at radius 2 is 2.08 bits per heavy atom. The number of carbonyl (C=O) groups excluding carboxylic acids is 1. The Kier molecular flexibility index (Phi) is 6.29. The number of halogens is 1. The number of aromatic hydroxyl groups is 1. The number of amides is 1. The molecule has 0 aliphatic carbocycles. The highest BCUT2D eigenvalue weighted by atomic mass is 79.9. The van der Waals surface area contributed by atoms with Gasteiger partial charge in [0.1, 0.15) is 5.75 Å². The maximum Gasteiger partial charge on any atom is 0.312 e. The molecule has 2 rings (SSSR count). The van der Waals surface area contributed by atoms with Gasteiger partial charge in [-0.25, -0.2) is 5.43 Å². The van der Waals surface area contributed by atoms with Crippen molar-refractivity contribution in [3.8, 4) is 11.5 Å². The number of hydrogen-bond acceptors (Lipinski definition) is 6. The molecule has 136 valence electrons. The fraction of sp³-hybridized carbons (Fsp3) is 0.176. The Bertz CT molecular complexity index is 867. The predicted molar refractivity (Wildman–Crippen MR) is 99.7 cm³/mol. The molecule has 8 nitrogen and oxygen atoms in total. The minimum Gasteiger partial charge on any atom is -0.502 e. The lowest BCUT2D eigenvalue weighted by atomic mass is 10.2. The van der Waals surface area contributed by atoms with Crippen LogP contribution in [0.5, 0.6) is 11.5 Å². The molecule has 0 saturated carbocycles. The van der Waals surface area contributed by atoms with Crippen molar-refractivity contribution in [3.05, 3.63) is 62.1 Å². The number of benzene rings is 2. The summed E-state index contributed by atoms with van der Waals surface area (Å²) in [6.45, 7) is 3.69. The fourth-order valence-electron chi connectivity index (χ4n) is 2.07. The molecule has 1 amide bonds. The van der Waals surface area contributed by atoms with Crippen LogP contribution in [0.25, 0.3) is 0 Å². The highest BCUT2D eigenvalue weighted by Crippen LogP contribution is 2.32. The Balaban J connectivity index is 2.19. The van der Waals surface area contributed by atoms with Crippen molar-refractivity contribution in [1.82, 2.24) is 5.43 Å². The van der Waals surface area contributed by atoms with Gasteiger partial charge in [-0.3, -0.25) is 14.9 Å². The molecule has 0 unspecified atom stereocenters. The molecule has 0 aromatic heterocycles. The number of carbonyl (C=O) groups is 1. The third kappa shape index (κ3) is 4.79. The van der Waals surface area contributed by atoms with Crippen LogP contribution in [0.15, 0.2) is 46.0 Å². The van der Waals surface area contributed by atoms with Crippen LogP contribution in [0, 0.1) is 10.1 Å². The summed E-state index contributed by atoms with van der Waals surface area (Å²) in [6, 6.07) is 9.30. The van der Waals surface area contributed by atoms with Crippen molar-refractivity contribution in [1.29, 1.82) is 0 Å². The first-order valence-corrected chi connectivity index (χ1v) is 8.35. The van der Waals surface area contributed by atoms with Gasteiger partial charge >= 0.3 is 5.69 Å². The molecule has 0 aliphatic heterocycles. The van der Waals surface area contributed by atoms with E-state index in [1.807, 2.05) is 13.8 Å². The van der Waals surface area contributed by atoms with Gasteiger partial charge in [-0.2, -0.15) is 5.10 Å². The third-order valence-electron chi connectivity index (χ3n) is 3.14. The van der Waals surface area contributed by atoms with Crippen LogP contribution in [-0.4, -0.2) is 28.3 Å². The highest BCUT2D eigenvalue weighted by Gasteiger charge is 2.18. The molecule has 0 heterocycles. The van der Waals surface area contributed by atoms with Crippen molar-refractivity contribution >= 4 is 33.7 Å². The average molecular weight is 422 g/mol. The molecule has 0 atom stereocenters. The maximum atomic E-state index is 12.3. The number of para-hydroxylation sites is 1. The van der Waals surface area contributed by atoms with E-state index in [9.17, 15) is 20.0 Å². The maximum absolute atomic E-state index is 12.3. The molecular formula is C17H16BrN3O5. The van der Waals surface area contributed by atoms with E-state index in [1.165, 1.54) is 12.1 Å². The average Bonchev–Trinajstić information content (AvgIpc) is 2.57. The lowest BCUT2D eigenvalue weighted by Crippen LogP contribution is -2.19. The zero-order valence-corrected chi connectivity index (χ0v) is 15.6. The fourth-order valence-corrected chi connectivity index (χ4v) is 2.54. The monoisotopic (exact) mass is 421 g/mol. The second kappa shape index (κ2) is 8.43. The molecule has 26 heavy (non-hydrogen) atoms. The Morgan fingerprint density at radius 1 is 1.38 bits per heavy atom. The minimum absolute atomic E-state index is 0.0816. The van der Waals surface area contributed by atoms with E-state index in [2.05, 4.69) is 26.5 Å². The second-order valence-electron chi connectivity index (χ2n) is 5.48. The van der Waals surface area contributed by atoms with Crippen LogP contribution in [-0.2, 0) is 0 Å². The van der Waals surface area contributed by atoms with E-state index in [-0.39, 0.29) is 11.7 Å². The summed E-state index contributed by atoms with van der Waals surface area (Å²) in [5.74, 6) is -0.641. The highest BCUT2D eigenvalue weighted by molar-refractivity contribution is 9.10. The molecule has 2 aromatic carbocycles. The van der Waals surface area contributed by atoms with Gasteiger partial charge in [0.2, 0.25) is 5.75 Å². The zero-order chi connectivity index (χ0) is 19.3. The lowest BCUT2D eigenvalue weighted by molar-refractivity contribution is -0.385. The quantitative estimate of drug-likeness (QED) is 0.419. The summed E-state index contributed by atoms with van der Waals surface area (Å²) < 4.78 is 5.97. The first-order valence-electron chi connectivity index (χ1n) is 7.55. The molecule has 0 aliphatic rings. The predicted octanol–water partition coefficient (Wildman–Crippen LogP) is 3.61. The molecule has 2 aromatic rings. The summed E-state index contributed by atoms with van der Waals surface area (Å²) in [6.07, 6.45) is 1.02. The van der Waals surface area contributed by atoms with Crippen LogP contribution in [0.2, 0.25) is 0 Å². The summed E-state index contributed by atoms with van der Waals surface area (Å²) in [4.78, 5) is 22.5. The van der Waals surface area contributed by atoms with Crippen molar-refractivity contribution in [3.63, 3.8) is 0 Å². The smallest absolute Gasteiger partial charge is 0.312 e. The number of phenols is 1. The van der Waals surface area contributed by atoms with Gasteiger partial charge in [-0.1, -0.05) is 28.1 Å². The molecule has 2 N–H and O–H groups in total. The summed E-state index contributed by atoms with van der Waals surface area (Å²) >= 11 is 3.12. The van der Waals surface area contributed by atoms with Crippen molar-refractivity contribution in [2.45, 2.75) is 20.0 Å². The SMILES string of the molecule is CC(C)Oc1ccccc1C(=O)N/N=C/c1cc(Br)cc([N+](=O)[O-])c1O. The van der Waals surface area contributed by atoms with E-state index in [0.29, 0.717) is 15.8 Å². The van der Waals surface area contributed by atoms with Gasteiger partial charge in [-0.05, 0) is 32.0 Å². The molecule has 0 bridgehead atoms. The van der Waals surface area contributed by atoms with Gasteiger partial charge in [-0.15, -0.1) is 0 Å². The normalized spacial score (nSPS) is 10.9. The van der Waals surface area contributed by atoms with Gasteiger partial charge in [0.05, 0.1) is 22.8 Å². The number of phenolic OH excluding ortho intramolecular Hbond substituents is 1. The minimum atomic E-state index is -0.713. The van der Waals surface area contributed by atoms with Crippen LogP contribution in [0.4, 0.5) is 5.69 Å². The van der Waals surface area contributed by atoms with E-state index >= 15 is 0 Å². The molecule has 0 spiro atoms. The number of ether oxygens (including phenoxy) is 1. The number of hydrogen-bond donors (Lipinski definition) is 2. The van der Waals surface area contributed by atoms with Crippen LogP contribution < -0.4 is 10.2 Å². The summed E-state index contributed by atoms with van der Waals surface area (Å²) in [7, 11) is 0. The summed E-state index contributed by atoms with van der Waals surface area (Å²) in [5.41, 5.74) is 2.22. The van der Waals surface area contributed by atoms with E-state index < -0.39 is 22.3 Å². The molecule has 9 heteroatoms. The number of nitro groups is 1. The van der Waals surface area contributed by atoms with Crippen LogP contribution in [0.3, 0.4) is 0 Å². The number of nitrogens with one attached hydrogen (secondary N) is 1. The van der Waals surface area contributed by atoms with Crippen molar-refractivity contribution in [2.24, 2.45) is 5.10 Å². The Morgan fingerprint density at radius 3 is 2.73 bits per heavy atom. The van der Waals surface area contributed by atoms with E-state index in [1.54, 1.807) is 24.3 Å². The first-order chi connectivity index (χ1) is 12.3. The van der Waals surface area contributed by atoms with E-state index in [4.69, 9.17) is 4.74 Å². The van der Waals surface area contributed by atoms with Gasteiger partial charge < -0.3 is 9.84 Å². The van der Waals surface area contributed by atoms with Crippen LogP contribution >= 0.6 is 15.9 Å². The third-order valence-corrected chi connectivity index (χ3v) is 3.60. The largest absolute Gasteiger partial charge is 0.502 e. The number of rotatable bonds is 6. The van der Waals surface area contributed by atoms with E-state index in [0.717, 1.165) is 6.21 Å². The van der Waals surface area contributed by atoms with Gasteiger partial charge in [0, 0.05) is 16.1 Å². The lowest BCUT2D eigenvalue weighted by Gasteiger charge is -2.12. The van der Waals surface area contributed by atoms with Crippen molar-refractivity contribution < 1.29 is 19.6 Å². The first kappa shape index (κ1) is 19.4. The molecule has 0 radical (unpaired) electrons. The Hall–Kier alpha value is -2.94. The van der Waals surface area contributed by atoms with Crippen molar-refractivity contribution in [2.75, 3.05) is 0 Å². The topological polar surface area (TPSA) is 114 Å². The van der Waals surface area contributed by atoms with Gasteiger partial charge in [0.15, 0.2) is 0 Å². The number of nitro benzene ring substituents is 1. The summed E-state index contributed by atoms with van der Waals surface area (Å²) in [5, 5.41) is 24.6. The van der Waals surface area contributed by atoms with Gasteiger partial charge in [0.25, 0.3) is 5.91 Å². The standard InChI is InChI=1S/C17H16BrN3O5/c1-10(2)26-15-6-4-3-5-13(15)17(23)20-19-9-11-7-12(18)8-14(16(11)22)21(24)25/h3-10,22H,1-2H3,(H,20,23)/b19-9+. The molecule has 0 saturated heterocycles. The molecule has 0 fully saturated rings. The second-order valence-corrected chi connectivity index (χ2v) is 6.40. The number of nitrogens with zero attached hydrogens (tertiary/aromatic N) is 2. The molecular weight excluding hydrogens is 406 g/mol. The van der Waals surface area contributed by atoms with Crippen LogP contribution in [0.1, 0.15) is 29.8 Å².